The van der Waals surface area contributed by atoms with Gasteiger partial charge in [-0.05, 0) is 41.5 Å². The maximum Gasteiger partial charge on any atom is 1.00 e. The minimum absolute atomic E-state index is 0. The van der Waals surface area contributed by atoms with Gasteiger partial charge < -0.3 is 14.2 Å². The second kappa shape index (κ2) is 14.5. The van der Waals surface area contributed by atoms with Crippen molar-refractivity contribution >= 4 is 18.4 Å². The Bertz CT molecular complexity index is 911. The fourth-order valence-corrected chi connectivity index (χ4v) is 3.69. The van der Waals surface area contributed by atoms with Gasteiger partial charge in [0.05, 0.1) is 0 Å². The third kappa shape index (κ3) is 11.6. The van der Waals surface area contributed by atoms with Gasteiger partial charge in [0.1, 0.15) is 33.3 Å². The third-order valence-electron chi connectivity index (χ3n) is 3.40. The molecular formula is C16H14F2K2O7PS+. The number of hydrogen-bond acceptors (Lipinski definition) is 7. The molecule has 0 aromatic heterocycles. The molecule has 2 rings (SSSR count). The molecule has 2 aromatic carbocycles. The van der Waals surface area contributed by atoms with Gasteiger partial charge in [0.15, 0.2) is 0 Å². The van der Waals surface area contributed by atoms with Crippen LogP contribution in [0.3, 0.4) is 0 Å². The number of hydrogen-bond donors (Lipinski definition) is 0. The van der Waals surface area contributed by atoms with E-state index in [-0.39, 0.29) is 121 Å². The molecule has 29 heavy (non-hydrogen) atoms. The van der Waals surface area contributed by atoms with Gasteiger partial charge >= 0.3 is 111 Å². The van der Waals surface area contributed by atoms with Crippen LogP contribution in [-0.4, -0.2) is 18.4 Å². The first-order chi connectivity index (χ1) is 12.6. The molecule has 0 heterocycles. The zero-order chi connectivity index (χ0) is 20.0. The molecule has 0 fully saturated rings. The van der Waals surface area contributed by atoms with Crippen LogP contribution in [0.25, 0.3) is 0 Å². The SMILES string of the molecule is O=[P+]([O-])OC(CCCc1cccc(Oc2cc(F)cc(F)c2)c1)S(=O)(=O)[O-].[K+].[K+]. The first kappa shape index (κ1) is 30.3. The average Bonchev–Trinajstić information content (AvgIpc) is 2.52. The fourth-order valence-electron chi connectivity index (χ4n) is 2.31. The predicted molar refractivity (Wildman–Crippen MR) is 88.0 cm³/mol. The number of rotatable bonds is 9. The van der Waals surface area contributed by atoms with E-state index in [2.05, 4.69) is 4.52 Å². The standard InChI is InChI=1S/C16H15F2O7PS.2K/c17-12-8-13(18)10-15(9-12)24-14-5-1-3-11(7-14)4-2-6-16(25-26(19)20)27(21,22)23;;/h1,3,5,7-10,16H,2,4,6H2,(H,21,22,23);;/q;2*+1/p-1. The normalized spacial score (nSPS) is 12.3. The molecule has 0 radical (unpaired) electrons. The Morgan fingerprint density at radius 2 is 1.66 bits per heavy atom. The summed E-state index contributed by atoms with van der Waals surface area (Å²) in [5, 5.41) is 0. The number of ether oxygens (including phenoxy) is 1. The van der Waals surface area contributed by atoms with Gasteiger partial charge in [0.25, 0.3) is 0 Å². The minimum Gasteiger partial charge on any atom is -0.746 e. The van der Waals surface area contributed by atoms with Crippen molar-refractivity contribution in [1.82, 2.24) is 0 Å². The Morgan fingerprint density at radius 1 is 1.03 bits per heavy atom. The number of halogens is 2. The summed E-state index contributed by atoms with van der Waals surface area (Å²) in [6.07, 6.45) is 0.127. The van der Waals surface area contributed by atoms with Gasteiger partial charge in [-0.3, -0.25) is 0 Å². The summed E-state index contributed by atoms with van der Waals surface area (Å²) in [6, 6.07) is 9.17. The van der Waals surface area contributed by atoms with Crippen LogP contribution in [0, 0.1) is 11.6 Å². The smallest absolute Gasteiger partial charge is 0.746 e. The maximum atomic E-state index is 13.2. The Morgan fingerprint density at radius 3 is 2.21 bits per heavy atom. The molecule has 0 aliphatic carbocycles. The van der Waals surface area contributed by atoms with Crippen molar-refractivity contribution in [2.75, 3.05) is 0 Å². The van der Waals surface area contributed by atoms with E-state index in [0.717, 1.165) is 12.1 Å². The van der Waals surface area contributed by atoms with E-state index in [4.69, 9.17) is 4.74 Å². The molecule has 0 saturated carbocycles. The van der Waals surface area contributed by atoms with Gasteiger partial charge in [-0.15, -0.1) is 4.52 Å². The van der Waals surface area contributed by atoms with E-state index in [1.54, 1.807) is 24.3 Å². The van der Waals surface area contributed by atoms with E-state index < -0.39 is 35.4 Å². The molecule has 13 heteroatoms. The summed E-state index contributed by atoms with van der Waals surface area (Å²) in [5.74, 6) is -1.32. The summed E-state index contributed by atoms with van der Waals surface area (Å²) >= 11 is 0. The molecule has 2 unspecified atom stereocenters. The second-order valence-electron chi connectivity index (χ2n) is 5.50. The molecule has 0 aliphatic rings. The minimum atomic E-state index is -4.92. The molecule has 0 spiro atoms. The first-order valence-electron chi connectivity index (χ1n) is 7.62. The zero-order valence-corrected chi connectivity index (χ0v) is 23.7. The number of benzene rings is 2. The average molecular weight is 498 g/mol. The van der Waals surface area contributed by atoms with Gasteiger partial charge in [0.2, 0.25) is 5.44 Å². The molecule has 146 valence electrons. The summed E-state index contributed by atoms with van der Waals surface area (Å²) < 4.78 is 79.4. The summed E-state index contributed by atoms with van der Waals surface area (Å²) in [6.45, 7) is 0. The molecule has 0 bridgehead atoms. The van der Waals surface area contributed by atoms with E-state index in [0.29, 0.717) is 23.8 Å². The topological polar surface area (TPSA) is 116 Å². The largest absolute Gasteiger partial charge is 1.00 e. The van der Waals surface area contributed by atoms with E-state index in [1.165, 1.54) is 0 Å². The van der Waals surface area contributed by atoms with Crippen LogP contribution < -0.4 is 112 Å². The van der Waals surface area contributed by atoms with Crippen LogP contribution in [0.1, 0.15) is 18.4 Å². The summed E-state index contributed by atoms with van der Waals surface area (Å²) in [4.78, 5) is 10.5. The first-order valence-corrected chi connectivity index (χ1v) is 10.2. The van der Waals surface area contributed by atoms with Crippen molar-refractivity contribution in [3.8, 4) is 11.5 Å². The van der Waals surface area contributed by atoms with Crippen LogP contribution in [-0.2, 0) is 25.6 Å². The molecule has 2 atom stereocenters. The van der Waals surface area contributed by atoms with Crippen molar-refractivity contribution in [2.45, 2.75) is 24.7 Å². The molecule has 0 aliphatic heterocycles. The van der Waals surface area contributed by atoms with Crippen LogP contribution in [0.5, 0.6) is 11.5 Å². The van der Waals surface area contributed by atoms with E-state index >= 15 is 0 Å². The van der Waals surface area contributed by atoms with Crippen LogP contribution in [0.15, 0.2) is 42.5 Å². The van der Waals surface area contributed by atoms with Gasteiger partial charge in [-0.1, -0.05) is 12.1 Å². The molecule has 0 saturated heterocycles. The molecule has 0 N–H and O–H groups in total. The monoisotopic (exact) mass is 497 g/mol. The third-order valence-corrected chi connectivity index (χ3v) is 4.95. The fraction of sp³-hybridized carbons (Fsp3) is 0.250. The van der Waals surface area contributed by atoms with Crippen molar-refractivity contribution < 1.29 is 143 Å². The van der Waals surface area contributed by atoms with E-state index in [9.17, 15) is 31.2 Å². The molecular weight excluding hydrogens is 483 g/mol. The summed E-state index contributed by atoms with van der Waals surface area (Å²) in [5.41, 5.74) is -1.30. The second-order valence-corrected chi connectivity index (χ2v) is 7.67. The Balaban J connectivity index is 0.00000392. The number of aryl methyl sites for hydroxylation is 1. The van der Waals surface area contributed by atoms with Crippen molar-refractivity contribution in [3.63, 3.8) is 0 Å². The summed E-state index contributed by atoms with van der Waals surface area (Å²) in [7, 11) is -8.40. The van der Waals surface area contributed by atoms with Gasteiger partial charge in [0, 0.05) is 18.2 Å². The van der Waals surface area contributed by atoms with Crippen molar-refractivity contribution in [2.24, 2.45) is 0 Å². The van der Waals surface area contributed by atoms with Crippen molar-refractivity contribution in [1.29, 1.82) is 0 Å². The van der Waals surface area contributed by atoms with E-state index in [1.807, 2.05) is 0 Å². The predicted octanol–water partition coefficient (Wildman–Crippen LogP) is -3.01. The van der Waals surface area contributed by atoms with Crippen LogP contribution >= 0.6 is 8.25 Å². The van der Waals surface area contributed by atoms with Crippen LogP contribution in [0.2, 0.25) is 0 Å². The van der Waals surface area contributed by atoms with Gasteiger partial charge in [-0.2, -0.15) is 0 Å². The maximum absolute atomic E-state index is 13.2. The quantitative estimate of drug-likeness (QED) is 0.206. The van der Waals surface area contributed by atoms with Crippen molar-refractivity contribution in [3.05, 3.63) is 59.7 Å². The molecule has 7 nitrogen and oxygen atoms in total. The molecule has 0 amide bonds. The Kier molecular flexibility index (Phi) is 15.1. The Hall–Kier alpha value is 1.30. The Labute approximate surface area is 253 Å². The van der Waals surface area contributed by atoms with Crippen LogP contribution in [0.4, 0.5) is 8.78 Å². The molecule has 2 aromatic rings. The zero-order valence-electron chi connectivity index (χ0n) is 15.7. The van der Waals surface area contributed by atoms with Gasteiger partial charge in [-0.25, -0.2) is 17.2 Å².